The minimum absolute atomic E-state index is 0.396. The van der Waals surface area contributed by atoms with E-state index in [1.54, 1.807) is 0 Å². The van der Waals surface area contributed by atoms with Crippen molar-refractivity contribution in [2.24, 2.45) is 5.92 Å². The summed E-state index contributed by atoms with van der Waals surface area (Å²) in [7, 11) is 2.05. The van der Waals surface area contributed by atoms with Crippen LogP contribution in [-0.2, 0) is 0 Å². The maximum atomic E-state index is 6.15. The summed E-state index contributed by atoms with van der Waals surface area (Å²) >= 11 is 12.2. The lowest BCUT2D eigenvalue weighted by Crippen LogP contribution is -2.26. The van der Waals surface area contributed by atoms with Crippen molar-refractivity contribution < 1.29 is 0 Å². The molecule has 0 heterocycles. The van der Waals surface area contributed by atoms with E-state index in [-0.39, 0.29) is 0 Å². The number of benzene rings is 1. The molecule has 0 radical (unpaired) electrons. The van der Waals surface area contributed by atoms with Gasteiger partial charge in [0, 0.05) is 6.04 Å². The van der Waals surface area contributed by atoms with Gasteiger partial charge in [-0.3, -0.25) is 0 Å². The third kappa shape index (κ3) is 4.11. The summed E-state index contributed by atoms with van der Waals surface area (Å²) < 4.78 is 0. The van der Waals surface area contributed by atoms with Crippen LogP contribution in [0.1, 0.15) is 56.6 Å². The van der Waals surface area contributed by atoms with Crippen molar-refractivity contribution in [1.82, 2.24) is 5.32 Å². The fourth-order valence-corrected chi connectivity index (χ4v) is 3.51. The smallest absolute Gasteiger partial charge is 0.0595 e. The van der Waals surface area contributed by atoms with E-state index < -0.39 is 0 Å². The normalized spacial score (nSPS) is 19.7. The third-order valence-electron chi connectivity index (χ3n) is 4.24. The second-order valence-corrected chi connectivity index (χ2v) is 6.36. The van der Waals surface area contributed by atoms with Gasteiger partial charge >= 0.3 is 0 Å². The molecule has 1 atom stereocenters. The Balaban J connectivity index is 2.14. The van der Waals surface area contributed by atoms with Crippen LogP contribution in [0.25, 0.3) is 0 Å². The molecule has 1 unspecified atom stereocenters. The van der Waals surface area contributed by atoms with Crippen molar-refractivity contribution in [1.29, 1.82) is 0 Å². The molecule has 19 heavy (non-hydrogen) atoms. The van der Waals surface area contributed by atoms with Gasteiger partial charge in [-0.25, -0.2) is 0 Å². The Bertz CT molecular complexity index is 398. The van der Waals surface area contributed by atoms with Crippen LogP contribution in [0.2, 0.25) is 10.0 Å². The Morgan fingerprint density at radius 2 is 1.63 bits per heavy atom. The molecule has 1 aromatic rings. The SMILES string of the molecule is CNC(c1ccc(Cl)c(Cl)c1)C1CCCCCCC1. The van der Waals surface area contributed by atoms with Gasteiger partial charge in [-0.2, -0.15) is 0 Å². The van der Waals surface area contributed by atoms with E-state index in [1.165, 1.54) is 50.5 Å². The zero-order valence-electron chi connectivity index (χ0n) is 11.6. The predicted octanol–water partition coefficient (Wildman–Crippen LogP) is 5.61. The van der Waals surface area contributed by atoms with Crippen molar-refractivity contribution >= 4 is 23.2 Å². The maximum absolute atomic E-state index is 6.15. The van der Waals surface area contributed by atoms with Crippen molar-refractivity contribution in [3.8, 4) is 0 Å². The molecule has 1 aliphatic rings. The minimum Gasteiger partial charge on any atom is -0.313 e. The standard InChI is InChI=1S/C16H23Cl2N/c1-19-16(12-7-5-3-2-4-6-8-12)13-9-10-14(17)15(18)11-13/h9-12,16,19H,2-8H2,1H3. The van der Waals surface area contributed by atoms with E-state index >= 15 is 0 Å². The molecule has 106 valence electrons. The second kappa shape index (κ2) is 7.52. The zero-order chi connectivity index (χ0) is 13.7. The molecule has 0 aliphatic heterocycles. The number of rotatable bonds is 3. The molecular weight excluding hydrogens is 277 g/mol. The van der Waals surface area contributed by atoms with E-state index in [4.69, 9.17) is 23.2 Å². The largest absolute Gasteiger partial charge is 0.313 e. The number of hydrogen-bond acceptors (Lipinski definition) is 1. The van der Waals surface area contributed by atoms with Gasteiger partial charge in [-0.15, -0.1) is 0 Å². The Morgan fingerprint density at radius 1 is 1.00 bits per heavy atom. The van der Waals surface area contributed by atoms with Crippen LogP contribution in [0, 0.1) is 5.92 Å². The van der Waals surface area contributed by atoms with Gasteiger partial charge in [0.25, 0.3) is 0 Å². The highest BCUT2D eigenvalue weighted by Gasteiger charge is 2.22. The van der Waals surface area contributed by atoms with Crippen LogP contribution < -0.4 is 5.32 Å². The summed E-state index contributed by atoms with van der Waals surface area (Å²) in [6.07, 6.45) is 9.50. The lowest BCUT2D eigenvalue weighted by atomic mass is 9.83. The van der Waals surface area contributed by atoms with Gasteiger partial charge in [0.1, 0.15) is 0 Å². The first kappa shape index (κ1) is 15.2. The van der Waals surface area contributed by atoms with Crippen LogP contribution in [0.4, 0.5) is 0 Å². The highest BCUT2D eigenvalue weighted by Crippen LogP contribution is 2.34. The first-order valence-electron chi connectivity index (χ1n) is 7.34. The molecule has 2 rings (SSSR count). The van der Waals surface area contributed by atoms with Crippen molar-refractivity contribution in [2.75, 3.05) is 7.05 Å². The van der Waals surface area contributed by atoms with Gasteiger partial charge in [-0.05, 0) is 43.5 Å². The lowest BCUT2D eigenvalue weighted by molar-refractivity contribution is 0.299. The first-order chi connectivity index (χ1) is 9.22. The fourth-order valence-electron chi connectivity index (χ4n) is 3.20. The molecule has 0 bridgehead atoms. The summed E-state index contributed by atoms with van der Waals surface area (Å²) in [6.45, 7) is 0. The van der Waals surface area contributed by atoms with Crippen LogP contribution in [0.15, 0.2) is 18.2 Å². The average Bonchev–Trinajstić information content (AvgIpc) is 2.36. The van der Waals surface area contributed by atoms with E-state index in [1.807, 2.05) is 19.2 Å². The molecule has 0 spiro atoms. The number of nitrogens with one attached hydrogen (secondary N) is 1. The molecule has 1 aliphatic carbocycles. The van der Waals surface area contributed by atoms with Gasteiger partial charge in [-0.1, -0.05) is 61.4 Å². The summed E-state index contributed by atoms with van der Waals surface area (Å²) in [5, 5.41) is 4.78. The number of hydrogen-bond donors (Lipinski definition) is 1. The molecular formula is C16H23Cl2N. The quantitative estimate of drug-likeness (QED) is 0.764. The van der Waals surface area contributed by atoms with Gasteiger partial charge in [0.05, 0.1) is 10.0 Å². The van der Waals surface area contributed by atoms with Crippen LogP contribution in [0.3, 0.4) is 0 Å². The maximum Gasteiger partial charge on any atom is 0.0595 e. The molecule has 1 saturated carbocycles. The summed E-state index contributed by atoms with van der Waals surface area (Å²) in [4.78, 5) is 0. The second-order valence-electron chi connectivity index (χ2n) is 5.55. The minimum atomic E-state index is 0.396. The van der Waals surface area contributed by atoms with Crippen LogP contribution in [0.5, 0.6) is 0 Å². The van der Waals surface area contributed by atoms with Crippen molar-refractivity contribution in [3.63, 3.8) is 0 Å². The predicted molar refractivity (Wildman–Crippen MR) is 84.1 cm³/mol. The van der Waals surface area contributed by atoms with E-state index in [0.717, 1.165) is 0 Å². The molecule has 1 nitrogen and oxygen atoms in total. The molecule has 0 saturated heterocycles. The molecule has 1 fully saturated rings. The van der Waals surface area contributed by atoms with Crippen LogP contribution >= 0.6 is 23.2 Å². The molecule has 3 heteroatoms. The Hall–Kier alpha value is -0.240. The van der Waals surface area contributed by atoms with E-state index in [0.29, 0.717) is 22.0 Å². The van der Waals surface area contributed by atoms with Crippen molar-refractivity contribution in [3.05, 3.63) is 33.8 Å². The summed E-state index contributed by atoms with van der Waals surface area (Å²) in [5.74, 6) is 0.711. The topological polar surface area (TPSA) is 12.0 Å². The molecule has 1 aromatic carbocycles. The average molecular weight is 300 g/mol. The van der Waals surface area contributed by atoms with Gasteiger partial charge in [0.2, 0.25) is 0 Å². The van der Waals surface area contributed by atoms with E-state index in [2.05, 4.69) is 11.4 Å². The fraction of sp³-hybridized carbons (Fsp3) is 0.625. The Morgan fingerprint density at radius 3 is 2.21 bits per heavy atom. The van der Waals surface area contributed by atoms with Crippen LogP contribution in [-0.4, -0.2) is 7.05 Å². The van der Waals surface area contributed by atoms with Gasteiger partial charge < -0.3 is 5.32 Å². The molecule has 1 N–H and O–H groups in total. The Labute approximate surface area is 126 Å². The highest BCUT2D eigenvalue weighted by molar-refractivity contribution is 6.42. The number of halogens is 2. The first-order valence-corrected chi connectivity index (χ1v) is 8.10. The summed E-state index contributed by atoms with van der Waals surface area (Å²) in [6, 6.07) is 6.43. The summed E-state index contributed by atoms with van der Waals surface area (Å²) in [5.41, 5.74) is 1.27. The highest BCUT2D eigenvalue weighted by atomic mass is 35.5. The van der Waals surface area contributed by atoms with Crippen molar-refractivity contribution in [2.45, 2.75) is 51.0 Å². The zero-order valence-corrected chi connectivity index (χ0v) is 13.1. The lowest BCUT2D eigenvalue weighted by Gasteiger charge is -2.29. The third-order valence-corrected chi connectivity index (χ3v) is 4.97. The van der Waals surface area contributed by atoms with Gasteiger partial charge in [0.15, 0.2) is 0 Å². The molecule has 0 aromatic heterocycles. The monoisotopic (exact) mass is 299 g/mol. The molecule has 0 amide bonds. The van der Waals surface area contributed by atoms with E-state index in [9.17, 15) is 0 Å². The Kier molecular flexibility index (Phi) is 6.00.